The lowest BCUT2D eigenvalue weighted by Gasteiger charge is -2.13. The van der Waals surface area contributed by atoms with Crippen molar-refractivity contribution in [2.75, 3.05) is 12.5 Å². The molecule has 72 valence electrons. The van der Waals surface area contributed by atoms with Crippen LogP contribution in [0, 0.1) is 0 Å². The maximum atomic E-state index is 10.9. The third-order valence-corrected chi connectivity index (χ3v) is 2.71. The molecule has 0 amide bonds. The van der Waals surface area contributed by atoms with Crippen molar-refractivity contribution >= 4 is 29.7 Å². The average molecular weight is 210 g/mol. The molecule has 0 aliphatic carbocycles. The lowest BCUT2D eigenvalue weighted by atomic mass is 10.8. The molecule has 2 atom stereocenters. The molecular weight excluding hydrogens is 196 g/mol. The van der Waals surface area contributed by atoms with Gasteiger partial charge in [-0.1, -0.05) is 0 Å². The van der Waals surface area contributed by atoms with Crippen LogP contribution < -0.4 is 0 Å². The van der Waals surface area contributed by atoms with E-state index in [1.165, 1.54) is 23.5 Å². The highest BCUT2D eigenvalue weighted by Gasteiger charge is 2.12. The summed E-state index contributed by atoms with van der Waals surface area (Å²) in [6.45, 7) is 3.60. The number of hydrogen-bond acceptors (Lipinski definition) is 5. The minimum Gasteiger partial charge on any atom is -0.420 e. The van der Waals surface area contributed by atoms with E-state index in [4.69, 9.17) is 9.47 Å². The predicted octanol–water partition coefficient (Wildman–Crippen LogP) is 2.56. The molecule has 0 aromatic rings. The van der Waals surface area contributed by atoms with Gasteiger partial charge in [-0.25, -0.2) is 4.79 Å². The van der Waals surface area contributed by atoms with Crippen LogP contribution in [0.3, 0.4) is 0 Å². The molecule has 0 radical (unpaired) electrons. The molecule has 12 heavy (non-hydrogen) atoms. The van der Waals surface area contributed by atoms with E-state index in [9.17, 15) is 4.79 Å². The van der Waals surface area contributed by atoms with Gasteiger partial charge in [0.2, 0.25) is 0 Å². The van der Waals surface area contributed by atoms with E-state index in [1.807, 2.05) is 12.5 Å². The van der Waals surface area contributed by atoms with Crippen molar-refractivity contribution in [3.05, 3.63) is 0 Å². The van der Waals surface area contributed by atoms with Crippen molar-refractivity contribution in [3.63, 3.8) is 0 Å². The van der Waals surface area contributed by atoms with Gasteiger partial charge in [0.05, 0.1) is 0 Å². The molecule has 0 rings (SSSR count). The Balaban J connectivity index is 3.59. The Kier molecular flexibility index (Phi) is 6.47. The Hall–Kier alpha value is -0.0300. The number of ether oxygens (including phenoxy) is 2. The lowest BCUT2D eigenvalue weighted by molar-refractivity contribution is 0.0477. The van der Waals surface area contributed by atoms with Gasteiger partial charge < -0.3 is 9.47 Å². The van der Waals surface area contributed by atoms with Crippen molar-refractivity contribution < 1.29 is 14.3 Å². The minimum atomic E-state index is -0.598. The largest absolute Gasteiger partial charge is 0.510 e. The van der Waals surface area contributed by atoms with E-state index in [1.54, 1.807) is 13.8 Å². The second-order valence-electron chi connectivity index (χ2n) is 2.09. The predicted molar refractivity (Wildman–Crippen MR) is 53.5 cm³/mol. The van der Waals surface area contributed by atoms with Crippen LogP contribution in [0.25, 0.3) is 0 Å². The summed E-state index contributed by atoms with van der Waals surface area (Å²) in [6.07, 6.45) is 3.14. The standard InChI is InChI=1S/C7H14O3S2/c1-5(11-3)9-7(8)10-6(2)12-4/h5-6H,1-4H3. The molecule has 0 bridgehead atoms. The highest BCUT2D eigenvalue weighted by molar-refractivity contribution is 7.99. The smallest absolute Gasteiger partial charge is 0.420 e. The summed E-state index contributed by atoms with van der Waals surface area (Å²) in [6, 6.07) is 0. The lowest BCUT2D eigenvalue weighted by Crippen LogP contribution is -2.16. The molecule has 0 aromatic carbocycles. The van der Waals surface area contributed by atoms with Crippen molar-refractivity contribution in [1.82, 2.24) is 0 Å². The molecule has 0 saturated carbocycles. The highest BCUT2D eigenvalue weighted by atomic mass is 32.2. The van der Waals surface area contributed by atoms with Gasteiger partial charge in [0, 0.05) is 0 Å². The van der Waals surface area contributed by atoms with Gasteiger partial charge in [-0.2, -0.15) is 0 Å². The maximum absolute atomic E-state index is 10.9. The van der Waals surface area contributed by atoms with Gasteiger partial charge in [0.1, 0.15) is 10.9 Å². The van der Waals surface area contributed by atoms with E-state index in [-0.39, 0.29) is 10.9 Å². The fourth-order valence-electron chi connectivity index (χ4n) is 0.395. The van der Waals surface area contributed by atoms with Crippen LogP contribution in [0.5, 0.6) is 0 Å². The average Bonchev–Trinajstić information content (AvgIpc) is 2.03. The van der Waals surface area contributed by atoms with E-state index < -0.39 is 6.16 Å². The van der Waals surface area contributed by atoms with Gasteiger partial charge >= 0.3 is 6.16 Å². The normalized spacial score (nSPS) is 15.0. The first-order chi connectivity index (χ1) is 5.60. The van der Waals surface area contributed by atoms with Gasteiger partial charge in [-0.05, 0) is 26.4 Å². The molecule has 3 nitrogen and oxygen atoms in total. The van der Waals surface area contributed by atoms with Gasteiger partial charge in [0.15, 0.2) is 0 Å². The summed E-state index contributed by atoms with van der Waals surface area (Å²) < 4.78 is 9.72. The topological polar surface area (TPSA) is 35.5 Å². The molecular formula is C7H14O3S2. The minimum absolute atomic E-state index is 0.147. The molecule has 0 saturated heterocycles. The first-order valence-electron chi connectivity index (χ1n) is 3.53. The van der Waals surface area contributed by atoms with Gasteiger partial charge in [0.25, 0.3) is 0 Å². The number of carbonyl (C=O) groups is 1. The summed E-state index contributed by atoms with van der Waals surface area (Å²) in [4.78, 5) is 10.9. The second-order valence-corrected chi connectivity index (χ2v) is 4.36. The molecule has 0 fully saturated rings. The summed E-state index contributed by atoms with van der Waals surface area (Å²) in [5, 5.41) is 0. The Morgan fingerprint density at radius 3 is 1.67 bits per heavy atom. The monoisotopic (exact) mass is 210 g/mol. The van der Waals surface area contributed by atoms with Crippen LogP contribution in [0.4, 0.5) is 4.79 Å². The van der Waals surface area contributed by atoms with Crippen LogP contribution >= 0.6 is 23.5 Å². The van der Waals surface area contributed by atoms with Gasteiger partial charge in [-0.15, -0.1) is 23.5 Å². The quantitative estimate of drug-likeness (QED) is 0.526. The van der Waals surface area contributed by atoms with E-state index in [0.29, 0.717) is 0 Å². The summed E-state index contributed by atoms with van der Waals surface area (Å²) >= 11 is 2.92. The summed E-state index contributed by atoms with van der Waals surface area (Å²) in [7, 11) is 0. The van der Waals surface area contributed by atoms with Crippen molar-refractivity contribution in [2.24, 2.45) is 0 Å². The fourth-order valence-corrected chi connectivity index (χ4v) is 0.745. The zero-order chi connectivity index (χ0) is 9.56. The Bertz CT molecular complexity index is 127. The SMILES string of the molecule is CSC(C)OC(=O)OC(C)SC. The summed E-state index contributed by atoms with van der Waals surface area (Å²) in [5.74, 6) is 0. The maximum Gasteiger partial charge on any atom is 0.510 e. The van der Waals surface area contributed by atoms with Crippen molar-refractivity contribution in [3.8, 4) is 0 Å². The molecule has 0 spiro atoms. The van der Waals surface area contributed by atoms with E-state index in [0.717, 1.165) is 0 Å². The zero-order valence-corrected chi connectivity index (χ0v) is 9.33. The molecule has 0 aliphatic rings. The summed E-state index contributed by atoms with van der Waals surface area (Å²) in [5.41, 5.74) is -0.293. The zero-order valence-electron chi connectivity index (χ0n) is 7.70. The number of rotatable bonds is 4. The van der Waals surface area contributed by atoms with Crippen LogP contribution in [-0.4, -0.2) is 29.5 Å². The van der Waals surface area contributed by atoms with Crippen LogP contribution in [0.2, 0.25) is 0 Å². The van der Waals surface area contributed by atoms with Crippen LogP contribution in [0.1, 0.15) is 13.8 Å². The molecule has 0 aliphatic heterocycles. The number of hydrogen-bond donors (Lipinski definition) is 0. The highest BCUT2D eigenvalue weighted by Crippen LogP contribution is 2.11. The molecule has 2 unspecified atom stereocenters. The van der Waals surface area contributed by atoms with Crippen molar-refractivity contribution in [2.45, 2.75) is 24.7 Å². The molecule has 5 heteroatoms. The molecule has 0 heterocycles. The first kappa shape index (κ1) is 12.0. The number of thioether (sulfide) groups is 2. The second kappa shape index (κ2) is 6.48. The third-order valence-electron chi connectivity index (χ3n) is 1.19. The molecule has 0 N–H and O–H groups in total. The van der Waals surface area contributed by atoms with Crippen LogP contribution in [0.15, 0.2) is 0 Å². The fraction of sp³-hybridized carbons (Fsp3) is 0.857. The third kappa shape index (κ3) is 5.60. The number of carbonyl (C=O) groups excluding carboxylic acids is 1. The Labute approximate surface area is 81.6 Å². The first-order valence-corrected chi connectivity index (χ1v) is 6.10. The van der Waals surface area contributed by atoms with Gasteiger partial charge in [-0.3, -0.25) is 0 Å². The van der Waals surface area contributed by atoms with E-state index in [2.05, 4.69) is 0 Å². The van der Waals surface area contributed by atoms with E-state index >= 15 is 0 Å². The Morgan fingerprint density at radius 1 is 1.08 bits per heavy atom. The van der Waals surface area contributed by atoms with Crippen LogP contribution in [-0.2, 0) is 9.47 Å². The molecule has 0 aromatic heterocycles. The Morgan fingerprint density at radius 2 is 1.42 bits per heavy atom. The van der Waals surface area contributed by atoms with Crippen molar-refractivity contribution in [1.29, 1.82) is 0 Å².